The van der Waals surface area contributed by atoms with E-state index in [1.54, 1.807) is 0 Å². The van der Waals surface area contributed by atoms with Crippen LogP contribution in [0.15, 0.2) is 0 Å². The normalized spacial score (nSPS) is 45.2. The van der Waals surface area contributed by atoms with Crippen LogP contribution in [0.1, 0.15) is 51.9 Å². The van der Waals surface area contributed by atoms with Gasteiger partial charge >= 0.3 is 0 Å². The Kier molecular flexibility index (Phi) is 2.77. The number of hydrogen-bond donors (Lipinski definition) is 1. The van der Waals surface area contributed by atoms with E-state index in [9.17, 15) is 4.79 Å². The molecule has 5 saturated carbocycles. The van der Waals surface area contributed by atoms with Gasteiger partial charge < -0.3 is 10.6 Å². The van der Waals surface area contributed by atoms with E-state index in [0.29, 0.717) is 12.0 Å². The van der Waals surface area contributed by atoms with E-state index in [2.05, 4.69) is 4.90 Å². The minimum absolute atomic E-state index is 0.206. The van der Waals surface area contributed by atoms with Gasteiger partial charge in [-0.25, -0.2) is 0 Å². The second-order valence-electron chi connectivity index (χ2n) is 8.39. The fourth-order valence-electron chi connectivity index (χ4n) is 5.90. The van der Waals surface area contributed by atoms with Gasteiger partial charge in [-0.1, -0.05) is 0 Å². The molecule has 1 unspecified atom stereocenters. The lowest BCUT2D eigenvalue weighted by Gasteiger charge is -2.57. The van der Waals surface area contributed by atoms with E-state index in [4.69, 9.17) is 5.73 Å². The number of carbonyl (C=O) groups is 1. The van der Waals surface area contributed by atoms with Crippen LogP contribution in [0.5, 0.6) is 0 Å². The van der Waals surface area contributed by atoms with E-state index in [1.807, 2.05) is 14.0 Å². The zero-order chi connectivity index (χ0) is 14.1. The summed E-state index contributed by atoms with van der Waals surface area (Å²) in [5, 5.41) is 0. The van der Waals surface area contributed by atoms with Gasteiger partial charge in [0.05, 0.1) is 5.54 Å². The molecule has 0 heterocycles. The molecule has 112 valence electrons. The minimum Gasteiger partial charge on any atom is -0.341 e. The van der Waals surface area contributed by atoms with Crippen molar-refractivity contribution < 1.29 is 4.79 Å². The van der Waals surface area contributed by atoms with Crippen LogP contribution in [0.4, 0.5) is 0 Å². The molecular weight excluding hydrogens is 248 g/mol. The van der Waals surface area contributed by atoms with Gasteiger partial charge in [0, 0.05) is 13.1 Å². The molecule has 0 spiro atoms. The molecule has 20 heavy (non-hydrogen) atoms. The third-order valence-electron chi connectivity index (χ3n) is 6.83. The average molecular weight is 276 g/mol. The zero-order valence-corrected chi connectivity index (χ0v) is 12.8. The number of hydrogen-bond acceptors (Lipinski definition) is 2. The SMILES string of the molecule is CN(C(=O)C(C)(N)C1CC1)C1C2CC3CC(C2)CC1C3. The minimum atomic E-state index is -0.622. The molecule has 0 aliphatic heterocycles. The Morgan fingerprint density at radius 1 is 1.05 bits per heavy atom. The molecule has 4 bridgehead atoms. The molecule has 0 radical (unpaired) electrons. The summed E-state index contributed by atoms with van der Waals surface area (Å²) in [6, 6.07) is 0.483. The molecule has 1 amide bonds. The summed E-state index contributed by atoms with van der Waals surface area (Å²) in [5.74, 6) is 4.08. The fourth-order valence-corrected chi connectivity index (χ4v) is 5.90. The molecule has 5 aliphatic rings. The first-order valence-corrected chi connectivity index (χ1v) is 8.53. The monoisotopic (exact) mass is 276 g/mol. The molecule has 1 atom stereocenters. The van der Waals surface area contributed by atoms with Crippen LogP contribution in [0.3, 0.4) is 0 Å². The van der Waals surface area contributed by atoms with Crippen molar-refractivity contribution in [3.05, 3.63) is 0 Å². The van der Waals surface area contributed by atoms with Crippen molar-refractivity contribution in [1.82, 2.24) is 4.90 Å². The Morgan fingerprint density at radius 3 is 2.00 bits per heavy atom. The molecule has 0 aromatic heterocycles. The van der Waals surface area contributed by atoms with Crippen LogP contribution >= 0.6 is 0 Å². The smallest absolute Gasteiger partial charge is 0.242 e. The standard InChI is InChI=1S/C17H28N2O/c1-17(18,14-3-4-14)16(20)19(2)15-12-6-10-5-11(8-12)9-13(15)7-10/h10-15H,3-9,18H2,1-2H3. The van der Waals surface area contributed by atoms with E-state index >= 15 is 0 Å². The second-order valence-corrected chi connectivity index (χ2v) is 8.39. The van der Waals surface area contributed by atoms with Crippen molar-refractivity contribution in [2.75, 3.05) is 7.05 Å². The maximum absolute atomic E-state index is 12.9. The number of likely N-dealkylation sites (N-methyl/N-ethyl adjacent to an activating group) is 1. The Labute approximate surface area is 122 Å². The summed E-state index contributed by atoms with van der Waals surface area (Å²) in [6.07, 6.45) is 9.18. The van der Waals surface area contributed by atoms with Crippen molar-refractivity contribution in [3.63, 3.8) is 0 Å². The first kappa shape index (κ1) is 13.1. The summed E-state index contributed by atoms with van der Waals surface area (Å²) in [5.41, 5.74) is 5.75. The maximum atomic E-state index is 12.9. The number of nitrogens with zero attached hydrogens (tertiary/aromatic N) is 1. The maximum Gasteiger partial charge on any atom is 0.242 e. The summed E-state index contributed by atoms with van der Waals surface area (Å²) < 4.78 is 0. The predicted molar refractivity (Wildman–Crippen MR) is 78.9 cm³/mol. The fraction of sp³-hybridized carbons (Fsp3) is 0.941. The van der Waals surface area contributed by atoms with Gasteiger partial charge in [0.15, 0.2) is 0 Å². The Morgan fingerprint density at radius 2 is 1.55 bits per heavy atom. The van der Waals surface area contributed by atoms with Crippen LogP contribution in [-0.4, -0.2) is 29.4 Å². The highest BCUT2D eigenvalue weighted by atomic mass is 16.2. The molecule has 5 rings (SSSR count). The number of amides is 1. The zero-order valence-electron chi connectivity index (χ0n) is 12.8. The van der Waals surface area contributed by atoms with Crippen LogP contribution in [-0.2, 0) is 4.79 Å². The Bertz CT molecular complexity index is 399. The first-order chi connectivity index (χ1) is 9.46. The summed E-state index contributed by atoms with van der Waals surface area (Å²) in [6.45, 7) is 1.96. The molecule has 3 heteroatoms. The molecule has 2 N–H and O–H groups in total. The molecular formula is C17H28N2O. The lowest BCUT2D eigenvalue weighted by Crippen LogP contribution is -2.62. The Hall–Kier alpha value is -0.570. The topological polar surface area (TPSA) is 46.3 Å². The molecule has 0 aromatic rings. The largest absolute Gasteiger partial charge is 0.341 e. The lowest BCUT2D eigenvalue weighted by molar-refractivity contribution is -0.147. The summed E-state index contributed by atoms with van der Waals surface area (Å²) in [4.78, 5) is 14.9. The third-order valence-corrected chi connectivity index (χ3v) is 6.83. The molecule has 0 aromatic carbocycles. The molecule has 5 aliphatic carbocycles. The quantitative estimate of drug-likeness (QED) is 0.860. The average Bonchev–Trinajstić information content (AvgIpc) is 3.20. The highest BCUT2D eigenvalue weighted by Crippen LogP contribution is 2.55. The summed E-state index contributed by atoms with van der Waals surface area (Å²) in [7, 11) is 2.03. The van der Waals surface area contributed by atoms with Crippen molar-refractivity contribution in [1.29, 1.82) is 0 Å². The van der Waals surface area contributed by atoms with Crippen molar-refractivity contribution in [2.24, 2.45) is 35.3 Å². The van der Waals surface area contributed by atoms with Crippen LogP contribution < -0.4 is 5.73 Å². The number of carbonyl (C=O) groups excluding carboxylic acids is 1. The predicted octanol–water partition coefficient (Wildman–Crippen LogP) is 2.40. The van der Waals surface area contributed by atoms with Gasteiger partial charge in [-0.2, -0.15) is 0 Å². The Balaban J connectivity index is 1.53. The van der Waals surface area contributed by atoms with Crippen LogP contribution in [0, 0.1) is 29.6 Å². The van der Waals surface area contributed by atoms with Gasteiger partial charge in [0.1, 0.15) is 0 Å². The van der Waals surface area contributed by atoms with E-state index in [0.717, 1.165) is 36.5 Å². The van der Waals surface area contributed by atoms with Crippen LogP contribution in [0.25, 0.3) is 0 Å². The second kappa shape index (κ2) is 4.22. The van der Waals surface area contributed by atoms with E-state index in [-0.39, 0.29) is 5.91 Å². The van der Waals surface area contributed by atoms with Gasteiger partial charge in [-0.15, -0.1) is 0 Å². The van der Waals surface area contributed by atoms with Gasteiger partial charge in [-0.05, 0) is 81.5 Å². The summed E-state index contributed by atoms with van der Waals surface area (Å²) >= 11 is 0. The highest BCUT2D eigenvalue weighted by molar-refractivity contribution is 5.86. The van der Waals surface area contributed by atoms with Crippen LogP contribution in [0.2, 0.25) is 0 Å². The molecule has 0 saturated heterocycles. The number of nitrogens with two attached hydrogens (primary N) is 1. The van der Waals surface area contributed by atoms with E-state index in [1.165, 1.54) is 32.1 Å². The first-order valence-electron chi connectivity index (χ1n) is 8.53. The molecule has 3 nitrogen and oxygen atoms in total. The third kappa shape index (κ3) is 1.85. The highest BCUT2D eigenvalue weighted by Gasteiger charge is 2.53. The van der Waals surface area contributed by atoms with Crippen molar-refractivity contribution in [3.8, 4) is 0 Å². The number of rotatable bonds is 3. The van der Waals surface area contributed by atoms with E-state index < -0.39 is 5.54 Å². The van der Waals surface area contributed by atoms with Gasteiger partial charge in [0.25, 0.3) is 0 Å². The van der Waals surface area contributed by atoms with Crippen molar-refractivity contribution in [2.45, 2.75) is 63.5 Å². The van der Waals surface area contributed by atoms with Gasteiger partial charge in [-0.3, -0.25) is 4.79 Å². The van der Waals surface area contributed by atoms with Gasteiger partial charge in [0.2, 0.25) is 5.91 Å². The molecule has 5 fully saturated rings. The van der Waals surface area contributed by atoms with Crippen molar-refractivity contribution >= 4 is 5.91 Å². The lowest BCUT2D eigenvalue weighted by atomic mass is 9.54.